The van der Waals surface area contributed by atoms with E-state index in [2.05, 4.69) is 25.1 Å². The molecule has 0 amide bonds. The minimum absolute atomic E-state index is 0.235. The molecule has 0 saturated carbocycles. The summed E-state index contributed by atoms with van der Waals surface area (Å²) in [6.45, 7) is 8.11. The van der Waals surface area contributed by atoms with Crippen LogP contribution in [0.2, 0.25) is 0 Å². The van der Waals surface area contributed by atoms with Gasteiger partial charge in [0.05, 0.1) is 0 Å². The molecule has 0 N–H and O–H groups in total. The summed E-state index contributed by atoms with van der Waals surface area (Å²) in [5.74, 6) is 0.307. The Morgan fingerprint density at radius 2 is 1.81 bits per heavy atom. The van der Waals surface area contributed by atoms with Crippen molar-refractivity contribution in [1.82, 2.24) is 0 Å². The third-order valence-corrected chi connectivity index (χ3v) is 2.73. The maximum atomic E-state index is 11.9. The molecule has 1 aromatic carbocycles. The summed E-state index contributed by atoms with van der Waals surface area (Å²) in [7, 11) is 0. The van der Waals surface area contributed by atoms with Gasteiger partial charge in [0, 0.05) is 11.8 Å². The number of carbonyl (C=O) groups is 1. The van der Waals surface area contributed by atoms with Gasteiger partial charge >= 0.3 is 0 Å². The molecule has 1 heteroatoms. The lowest BCUT2D eigenvalue weighted by molar-refractivity contribution is -0.125. The van der Waals surface area contributed by atoms with E-state index in [1.807, 2.05) is 26.8 Å². The molecule has 1 rings (SSSR count). The monoisotopic (exact) mass is 218 g/mol. The third-order valence-electron chi connectivity index (χ3n) is 2.73. The number of ketones is 1. The Bertz CT molecular complexity index is 358. The largest absolute Gasteiger partial charge is 0.299 e. The molecule has 0 aromatic heterocycles. The third kappa shape index (κ3) is 3.80. The standard InChI is InChI=1S/C15H22O/c1-5-7-12-8-6-9-13(10-12)11-14(16)15(2,3)4/h6,8-10H,5,7,11H2,1-4H3. The second kappa shape index (κ2) is 5.29. The smallest absolute Gasteiger partial charge is 0.142 e. The van der Waals surface area contributed by atoms with E-state index < -0.39 is 0 Å². The van der Waals surface area contributed by atoms with Crippen LogP contribution in [0.3, 0.4) is 0 Å². The Morgan fingerprint density at radius 1 is 1.19 bits per heavy atom. The van der Waals surface area contributed by atoms with Gasteiger partial charge in [-0.15, -0.1) is 0 Å². The van der Waals surface area contributed by atoms with Crippen LogP contribution < -0.4 is 0 Å². The van der Waals surface area contributed by atoms with Gasteiger partial charge in [-0.25, -0.2) is 0 Å². The van der Waals surface area contributed by atoms with Gasteiger partial charge in [0.25, 0.3) is 0 Å². The van der Waals surface area contributed by atoms with E-state index in [4.69, 9.17) is 0 Å². The highest BCUT2D eigenvalue weighted by atomic mass is 16.1. The normalized spacial score (nSPS) is 11.5. The average Bonchev–Trinajstić information content (AvgIpc) is 2.17. The minimum atomic E-state index is -0.235. The second-order valence-electron chi connectivity index (χ2n) is 5.42. The molecule has 0 radical (unpaired) electrons. The lowest BCUT2D eigenvalue weighted by atomic mass is 9.87. The van der Waals surface area contributed by atoms with Crippen molar-refractivity contribution in [2.45, 2.75) is 47.0 Å². The molecule has 88 valence electrons. The summed E-state index contributed by atoms with van der Waals surface area (Å²) in [6, 6.07) is 8.39. The van der Waals surface area contributed by atoms with Gasteiger partial charge in [0.15, 0.2) is 0 Å². The van der Waals surface area contributed by atoms with Crippen molar-refractivity contribution in [1.29, 1.82) is 0 Å². The van der Waals surface area contributed by atoms with Crippen molar-refractivity contribution in [2.24, 2.45) is 5.41 Å². The van der Waals surface area contributed by atoms with Crippen LogP contribution in [-0.2, 0) is 17.6 Å². The minimum Gasteiger partial charge on any atom is -0.299 e. The van der Waals surface area contributed by atoms with E-state index in [9.17, 15) is 4.79 Å². The first-order chi connectivity index (χ1) is 7.43. The molecule has 0 atom stereocenters. The quantitative estimate of drug-likeness (QED) is 0.751. The molecule has 0 saturated heterocycles. The zero-order chi connectivity index (χ0) is 12.2. The lowest BCUT2D eigenvalue weighted by Gasteiger charge is -2.16. The first kappa shape index (κ1) is 13.0. The Balaban J connectivity index is 2.74. The Morgan fingerprint density at radius 3 is 2.38 bits per heavy atom. The van der Waals surface area contributed by atoms with E-state index in [-0.39, 0.29) is 5.41 Å². The van der Waals surface area contributed by atoms with Crippen molar-refractivity contribution in [3.8, 4) is 0 Å². The lowest BCUT2D eigenvalue weighted by Crippen LogP contribution is -2.22. The Labute approximate surface area is 98.9 Å². The van der Waals surface area contributed by atoms with Crippen molar-refractivity contribution < 1.29 is 4.79 Å². The van der Waals surface area contributed by atoms with Crippen molar-refractivity contribution in [3.63, 3.8) is 0 Å². The Hall–Kier alpha value is -1.11. The molecule has 1 aromatic rings. The fraction of sp³-hybridized carbons (Fsp3) is 0.533. The van der Waals surface area contributed by atoms with Gasteiger partial charge < -0.3 is 0 Å². The molecule has 0 aliphatic heterocycles. The summed E-state index contributed by atoms with van der Waals surface area (Å²) in [5, 5.41) is 0. The molecule has 0 heterocycles. The maximum Gasteiger partial charge on any atom is 0.142 e. The number of Topliss-reactive ketones (excluding diaryl/α,β-unsaturated/α-hetero) is 1. The van der Waals surface area contributed by atoms with Gasteiger partial charge in [0.2, 0.25) is 0 Å². The molecular formula is C15H22O. The topological polar surface area (TPSA) is 17.1 Å². The number of rotatable bonds is 4. The molecule has 1 nitrogen and oxygen atoms in total. The molecular weight excluding hydrogens is 196 g/mol. The molecule has 16 heavy (non-hydrogen) atoms. The highest BCUT2D eigenvalue weighted by molar-refractivity contribution is 5.85. The summed E-state index contributed by atoms with van der Waals surface area (Å²) < 4.78 is 0. The van der Waals surface area contributed by atoms with Crippen LogP contribution in [0.1, 0.15) is 45.2 Å². The summed E-state index contributed by atoms with van der Waals surface area (Å²) in [6.07, 6.45) is 2.80. The Kier molecular flexibility index (Phi) is 4.28. The van der Waals surface area contributed by atoms with Crippen LogP contribution in [0.5, 0.6) is 0 Å². The van der Waals surface area contributed by atoms with Crippen molar-refractivity contribution in [3.05, 3.63) is 35.4 Å². The van der Waals surface area contributed by atoms with Crippen molar-refractivity contribution in [2.75, 3.05) is 0 Å². The highest BCUT2D eigenvalue weighted by Gasteiger charge is 2.20. The van der Waals surface area contributed by atoms with E-state index >= 15 is 0 Å². The van der Waals surface area contributed by atoms with E-state index in [0.717, 1.165) is 18.4 Å². The van der Waals surface area contributed by atoms with Crippen LogP contribution in [-0.4, -0.2) is 5.78 Å². The first-order valence-electron chi connectivity index (χ1n) is 6.04. The number of hydrogen-bond acceptors (Lipinski definition) is 1. The van der Waals surface area contributed by atoms with Gasteiger partial charge in [-0.2, -0.15) is 0 Å². The molecule has 0 aliphatic rings. The fourth-order valence-electron chi connectivity index (χ4n) is 1.63. The molecule has 0 unspecified atom stereocenters. The molecule has 0 bridgehead atoms. The predicted octanol–water partition coefficient (Wildman–Crippen LogP) is 3.80. The SMILES string of the molecule is CCCc1cccc(CC(=O)C(C)(C)C)c1. The van der Waals surface area contributed by atoms with Gasteiger partial charge in [-0.1, -0.05) is 58.4 Å². The van der Waals surface area contributed by atoms with Crippen LogP contribution in [0, 0.1) is 5.41 Å². The maximum absolute atomic E-state index is 11.9. The van der Waals surface area contributed by atoms with Gasteiger partial charge in [0.1, 0.15) is 5.78 Å². The predicted molar refractivity (Wildman–Crippen MR) is 68.6 cm³/mol. The van der Waals surface area contributed by atoms with Crippen LogP contribution >= 0.6 is 0 Å². The van der Waals surface area contributed by atoms with Crippen LogP contribution in [0.4, 0.5) is 0 Å². The molecule has 0 fully saturated rings. The summed E-state index contributed by atoms with van der Waals surface area (Å²) in [4.78, 5) is 11.9. The molecule has 0 spiro atoms. The first-order valence-corrected chi connectivity index (χ1v) is 6.04. The number of hydrogen-bond donors (Lipinski definition) is 0. The van der Waals surface area contributed by atoms with E-state index in [1.54, 1.807) is 0 Å². The second-order valence-corrected chi connectivity index (χ2v) is 5.42. The number of carbonyl (C=O) groups excluding carboxylic acids is 1. The summed E-state index contributed by atoms with van der Waals surface area (Å²) >= 11 is 0. The average molecular weight is 218 g/mol. The van der Waals surface area contributed by atoms with Gasteiger partial charge in [-0.05, 0) is 17.5 Å². The zero-order valence-electron chi connectivity index (χ0n) is 10.8. The van der Waals surface area contributed by atoms with Crippen LogP contribution in [0.15, 0.2) is 24.3 Å². The van der Waals surface area contributed by atoms with E-state index in [0.29, 0.717) is 12.2 Å². The zero-order valence-corrected chi connectivity index (χ0v) is 10.8. The number of aryl methyl sites for hydroxylation is 1. The highest BCUT2D eigenvalue weighted by Crippen LogP contribution is 2.18. The summed E-state index contributed by atoms with van der Waals surface area (Å²) in [5.41, 5.74) is 2.24. The van der Waals surface area contributed by atoms with E-state index in [1.165, 1.54) is 5.56 Å². The van der Waals surface area contributed by atoms with Crippen molar-refractivity contribution >= 4 is 5.78 Å². The molecule has 0 aliphatic carbocycles. The number of benzene rings is 1. The van der Waals surface area contributed by atoms with Gasteiger partial charge in [-0.3, -0.25) is 4.79 Å². The van der Waals surface area contributed by atoms with Crippen LogP contribution in [0.25, 0.3) is 0 Å². The fourth-order valence-corrected chi connectivity index (χ4v) is 1.63.